The fraction of sp³-hybridized carbons (Fsp3) is 0.136. The summed E-state index contributed by atoms with van der Waals surface area (Å²) in [4.78, 5) is 13.6. The predicted octanol–water partition coefficient (Wildman–Crippen LogP) is 4.91. The first-order valence-corrected chi connectivity index (χ1v) is 8.68. The first-order valence-electron chi connectivity index (χ1n) is 8.68. The lowest BCUT2D eigenvalue weighted by Crippen LogP contribution is -2.10. The summed E-state index contributed by atoms with van der Waals surface area (Å²) in [5.74, 6) is 0.266. The number of para-hydroxylation sites is 2. The molecule has 0 aliphatic carbocycles. The molecule has 0 saturated heterocycles. The lowest BCUT2D eigenvalue weighted by molar-refractivity contribution is 0.0697. The van der Waals surface area contributed by atoms with Crippen LogP contribution in [0.25, 0.3) is 0 Å². The van der Waals surface area contributed by atoms with Crippen molar-refractivity contribution < 1.29 is 19.4 Å². The van der Waals surface area contributed by atoms with Gasteiger partial charge in [0, 0.05) is 18.4 Å². The number of ether oxygens (including phenoxy) is 2. The Labute approximate surface area is 163 Å². The van der Waals surface area contributed by atoms with Crippen molar-refractivity contribution in [2.45, 2.75) is 0 Å². The number of carbonyl (C=O) groups is 1. The number of carboxylic acids is 1. The number of nitrogens with zero attached hydrogens (tertiary/aromatic N) is 1. The van der Waals surface area contributed by atoms with Gasteiger partial charge in [-0.3, -0.25) is 0 Å². The summed E-state index contributed by atoms with van der Waals surface area (Å²) in [5, 5.41) is 12.6. The van der Waals surface area contributed by atoms with Crippen LogP contribution < -0.4 is 19.7 Å². The molecule has 3 aromatic carbocycles. The van der Waals surface area contributed by atoms with Gasteiger partial charge in [-0.05, 0) is 54.6 Å². The Morgan fingerprint density at radius 2 is 1.68 bits per heavy atom. The molecule has 6 nitrogen and oxygen atoms in total. The van der Waals surface area contributed by atoms with Crippen molar-refractivity contribution in [1.82, 2.24) is 0 Å². The van der Waals surface area contributed by atoms with E-state index in [0.29, 0.717) is 11.4 Å². The third kappa shape index (κ3) is 4.01. The van der Waals surface area contributed by atoms with E-state index in [9.17, 15) is 9.90 Å². The standard InChI is InChI=1S/C22H22N2O4/c1-24(20-6-4-5-7-21(20)28-3)16-10-8-15(9-11-16)23-19-13-12-17(27-2)14-18(19)22(25)26/h4-14,23H,1-3H3,(H,25,26). The molecule has 144 valence electrons. The molecular formula is C22H22N2O4. The minimum absolute atomic E-state index is 0.148. The number of rotatable bonds is 7. The monoisotopic (exact) mass is 378 g/mol. The zero-order valence-corrected chi connectivity index (χ0v) is 16.0. The largest absolute Gasteiger partial charge is 0.497 e. The van der Waals surface area contributed by atoms with Gasteiger partial charge in [-0.1, -0.05) is 12.1 Å². The first-order chi connectivity index (χ1) is 13.5. The molecule has 2 N–H and O–H groups in total. The lowest BCUT2D eigenvalue weighted by atomic mass is 10.1. The fourth-order valence-corrected chi connectivity index (χ4v) is 2.91. The first kappa shape index (κ1) is 19.1. The van der Waals surface area contributed by atoms with E-state index < -0.39 is 5.97 Å². The molecule has 0 bridgehead atoms. The molecule has 3 aromatic rings. The zero-order chi connectivity index (χ0) is 20.1. The summed E-state index contributed by atoms with van der Waals surface area (Å²) in [5.41, 5.74) is 3.36. The van der Waals surface area contributed by atoms with Crippen molar-refractivity contribution in [2.24, 2.45) is 0 Å². The minimum atomic E-state index is -1.02. The van der Waals surface area contributed by atoms with Crippen LogP contribution in [0.15, 0.2) is 66.7 Å². The van der Waals surface area contributed by atoms with Crippen molar-refractivity contribution >= 4 is 28.7 Å². The summed E-state index contributed by atoms with van der Waals surface area (Å²) in [6.45, 7) is 0. The highest BCUT2D eigenvalue weighted by Gasteiger charge is 2.13. The van der Waals surface area contributed by atoms with Gasteiger partial charge < -0.3 is 24.8 Å². The third-order valence-electron chi connectivity index (χ3n) is 4.44. The third-order valence-corrected chi connectivity index (χ3v) is 4.44. The predicted molar refractivity (Wildman–Crippen MR) is 111 cm³/mol. The second-order valence-electron chi connectivity index (χ2n) is 6.12. The highest BCUT2D eigenvalue weighted by atomic mass is 16.5. The number of methoxy groups -OCH3 is 2. The molecular weight excluding hydrogens is 356 g/mol. The molecule has 0 atom stereocenters. The Bertz CT molecular complexity index is 971. The molecule has 3 rings (SSSR count). The Hall–Kier alpha value is -3.67. The molecule has 0 unspecified atom stereocenters. The molecule has 0 aliphatic rings. The number of carboxylic acid groups (broad SMARTS) is 1. The number of aromatic carboxylic acids is 1. The van der Waals surface area contributed by atoms with E-state index in [1.54, 1.807) is 19.2 Å². The maximum Gasteiger partial charge on any atom is 0.337 e. The number of benzene rings is 3. The highest BCUT2D eigenvalue weighted by Crippen LogP contribution is 2.33. The minimum Gasteiger partial charge on any atom is -0.497 e. The van der Waals surface area contributed by atoms with Crippen molar-refractivity contribution in [3.8, 4) is 11.5 Å². The summed E-state index contributed by atoms with van der Waals surface area (Å²) in [6.07, 6.45) is 0. The summed E-state index contributed by atoms with van der Waals surface area (Å²) >= 11 is 0. The van der Waals surface area contributed by atoms with Gasteiger partial charge in [0.1, 0.15) is 11.5 Å². The van der Waals surface area contributed by atoms with Crippen LogP contribution in [-0.4, -0.2) is 32.3 Å². The van der Waals surface area contributed by atoms with Gasteiger partial charge in [0.15, 0.2) is 0 Å². The quantitative estimate of drug-likeness (QED) is 0.608. The molecule has 0 saturated carbocycles. The van der Waals surface area contributed by atoms with Crippen LogP contribution in [0.3, 0.4) is 0 Å². The van der Waals surface area contributed by atoms with E-state index in [-0.39, 0.29) is 5.56 Å². The Morgan fingerprint density at radius 1 is 0.964 bits per heavy atom. The van der Waals surface area contributed by atoms with Gasteiger partial charge in [-0.25, -0.2) is 4.79 Å². The molecule has 0 aromatic heterocycles. The fourth-order valence-electron chi connectivity index (χ4n) is 2.91. The number of anilines is 4. The second-order valence-corrected chi connectivity index (χ2v) is 6.12. The molecule has 0 amide bonds. The van der Waals surface area contributed by atoms with Gasteiger partial charge in [0.05, 0.1) is 31.2 Å². The van der Waals surface area contributed by atoms with E-state index >= 15 is 0 Å². The van der Waals surface area contributed by atoms with E-state index in [1.807, 2.05) is 60.5 Å². The Morgan fingerprint density at radius 3 is 2.32 bits per heavy atom. The number of hydrogen-bond acceptors (Lipinski definition) is 5. The van der Waals surface area contributed by atoms with Gasteiger partial charge in [-0.2, -0.15) is 0 Å². The molecule has 0 radical (unpaired) electrons. The zero-order valence-electron chi connectivity index (χ0n) is 16.0. The molecule has 0 spiro atoms. The topological polar surface area (TPSA) is 71.0 Å². The van der Waals surface area contributed by atoms with E-state index in [4.69, 9.17) is 9.47 Å². The van der Waals surface area contributed by atoms with Gasteiger partial charge >= 0.3 is 5.97 Å². The van der Waals surface area contributed by atoms with Crippen LogP contribution in [0, 0.1) is 0 Å². The van der Waals surface area contributed by atoms with Crippen molar-refractivity contribution in [3.63, 3.8) is 0 Å². The number of nitrogens with one attached hydrogen (secondary N) is 1. The average Bonchev–Trinajstić information content (AvgIpc) is 2.73. The van der Waals surface area contributed by atoms with Crippen LogP contribution in [0.4, 0.5) is 22.7 Å². The average molecular weight is 378 g/mol. The van der Waals surface area contributed by atoms with Crippen molar-refractivity contribution in [3.05, 3.63) is 72.3 Å². The van der Waals surface area contributed by atoms with Crippen LogP contribution in [0.2, 0.25) is 0 Å². The summed E-state index contributed by atoms with van der Waals surface area (Å²) < 4.78 is 10.5. The number of hydrogen-bond donors (Lipinski definition) is 2. The van der Waals surface area contributed by atoms with E-state index in [2.05, 4.69) is 5.32 Å². The lowest BCUT2D eigenvalue weighted by Gasteiger charge is -2.22. The van der Waals surface area contributed by atoms with E-state index in [1.165, 1.54) is 13.2 Å². The van der Waals surface area contributed by atoms with Gasteiger partial charge in [0.25, 0.3) is 0 Å². The smallest absolute Gasteiger partial charge is 0.337 e. The van der Waals surface area contributed by atoms with E-state index in [0.717, 1.165) is 22.8 Å². The van der Waals surface area contributed by atoms with Crippen LogP contribution >= 0.6 is 0 Å². The van der Waals surface area contributed by atoms with Crippen LogP contribution in [0.5, 0.6) is 11.5 Å². The Balaban J connectivity index is 1.83. The van der Waals surface area contributed by atoms with Crippen LogP contribution in [-0.2, 0) is 0 Å². The molecule has 0 fully saturated rings. The summed E-state index contributed by atoms with van der Waals surface area (Å²) in [6, 6.07) is 20.4. The van der Waals surface area contributed by atoms with Gasteiger partial charge in [0.2, 0.25) is 0 Å². The molecule has 0 aliphatic heterocycles. The van der Waals surface area contributed by atoms with Crippen molar-refractivity contribution in [2.75, 3.05) is 31.5 Å². The highest BCUT2D eigenvalue weighted by molar-refractivity contribution is 5.95. The van der Waals surface area contributed by atoms with Crippen molar-refractivity contribution in [1.29, 1.82) is 0 Å². The molecule has 0 heterocycles. The molecule has 6 heteroatoms. The second kappa shape index (κ2) is 8.35. The SMILES string of the molecule is COc1ccc(Nc2ccc(N(C)c3ccccc3OC)cc2)c(C(=O)O)c1. The maximum absolute atomic E-state index is 11.5. The Kier molecular flexibility index (Phi) is 5.69. The summed E-state index contributed by atoms with van der Waals surface area (Å²) in [7, 11) is 5.12. The molecule has 28 heavy (non-hydrogen) atoms. The maximum atomic E-state index is 11.5. The van der Waals surface area contributed by atoms with Crippen LogP contribution in [0.1, 0.15) is 10.4 Å². The van der Waals surface area contributed by atoms with Gasteiger partial charge in [-0.15, -0.1) is 0 Å². The normalized spacial score (nSPS) is 10.2.